The molecule has 0 spiro atoms. The maximum absolute atomic E-state index is 6.22. The molecule has 2 aliphatic carbocycles. The van der Waals surface area contributed by atoms with Crippen LogP contribution < -0.4 is 0 Å². The summed E-state index contributed by atoms with van der Waals surface area (Å²) >= 11 is 8.47. The molecule has 0 radical (unpaired) electrons. The zero-order valence-electron chi connectivity index (χ0n) is 9.92. The average molecular weight is 363 g/mol. The summed E-state index contributed by atoms with van der Waals surface area (Å²) in [4.78, 5) is 9.28. The van der Waals surface area contributed by atoms with Gasteiger partial charge in [-0.15, -0.1) is 0 Å². The lowest BCUT2D eigenvalue weighted by atomic mass is 9.88. The van der Waals surface area contributed by atoms with E-state index in [2.05, 4.69) is 34.5 Å². The van der Waals surface area contributed by atoms with E-state index >= 15 is 0 Å². The SMILES string of the molecule is CCc1nc(C2CC3CCC2C3)nc(Cl)c1I. The highest BCUT2D eigenvalue weighted by Gasteiger charge is 2.41. The highest BCUT2D eigenvalue weighted by molar-refractivity contribution is 14.1. The number of hydrogen-bond donors (Lipinski definition) is 0. The van der Waals surface area contributed by atoms with Crippen molar-refractivity contribution in [3.8, 4) is 0 Å². The number of hydrogen-bond acceptors (Lipinski definition) is 2. The maximum atomic E-state index is 6.22. The Morgan fingerprint density at radius 2 is 2.12 bits per heavy atom. The first kappa shape index (κ1) is 12.2. The number of aryl methyl sites for hydroxylation is 1. The summed E-state index contributed by atoms with van der Waals surface area (Å²) in [6, 6.07) is 0. The van der Waals surface area contributed by atoms with Crippen LogP contribution in [0, 0.1) is 15.4 Å². The minimum absolute atomic E-state index is 0.577. The van der Waals surface area contributed by atoms with Crippen LogP contribution in [-0.4, -0.2) is 9.97 Å². The predicted octanol–water partition coefficient (Wildman–Crippen LogP) is 4.20. The largest absolute Gasteiger partial charge is 0.236 e. The highest BCUT2D eigenvalue weighted by atomic mass is 127. The first-order valence-electron chi connectivity index (χ1n) is 6.40. The average Bonchev–Trinajstić information content (AvgIpc) is 2.94. The van der Waals surface area contributed by atoms with E-state index in [1.54, 1.807) is 0 Å². The van der Waals surface area contributed by atoms with Gasteiger partial charge in [0.05, 0.1) is 9.26 Å². The summed E-state index contributed by atoms with van der Waals surface area (Å²) in [5.41, 5.74) is 1.11. The monoisotopic (exact) mass is 362 g/mol. The zero-order chi connectivity index (χ0) is 12.0. The standard InChI is InChI=1S/C13H16ClIN2/c1-2-10-11(15)12(14)17-13(16-10)9-6-7-3-4-8(9)5-7/h7-9H,2-6H2,1H3. The van der Waals surface area contributed by atoms with Crippen molar-refractivity contribution in [3.63, 3.8) is 0 Å². The fourth-order valence-electron chi connectivity index (χ4n) is 3.44. The van der Waals surface area contributed by atoms with Gasteiger partial charge in [-0.2, -0.15) is 0 Å². The Balaban J connectivity index is 1.95. The highest BCUT2D eigenvalue weighted by Crippen LogP contribution is 2.52. The molecule has 2 saturated carbocycles. The third kappa shape index (κ3) is 2.09. The van der Waals surface area contributed by atoms with Crippen LogP contribution in [0.5, 0.6) is 0 Å². The Hall–Kier alpha value is 0.100. The molecule has 92 valence electrons. The molecule has 2 bridgehead atoms. The molecule has 0 N–H and O–H groups in total. The Kier molecular flexibility index (Phi) is 3.32. The lowest BCUT2D eigenvalue weighted by Crippen LogP contribution is -2.14. The normalized spacial score (nSPS) is 31.1. The molecule has 1 aromatic rings. The van der Waals surface area contributed by atoms with Gasteiger partial charge in [-0.3, -0.25) is 0 Å². The summed E-state index contributed by atoms with van der Waals surface area (Å²) in [5, 5.41) is 0.648. The number of halogens is 2. The van der Waals surface area contributed by atoms with Crippen molar-refractivity contribution in [3.05, 3.63) is 20.2 Å². The van der Waals surface area contributed by atoms with E-state index in [1.807, 2.05) is 0 Å². The molecule has 2 aliphatic rings. The van der Waals surface area contributed by atoms with Crippen LogP contribution in [0.1, 0.15) is 50.0 Å². The summed E-state index contributed by atoms with van der Waals surface area (Å²) in [6.07, 6.45) is 6.39. The van der Waals surface area contributed by atoms with Crippen LogP contribution in [0.15, 0.2) is 0 Å². The molecule has 3 atom stereocenters. The molecule has 1 aromatic heterocycles. The molecule has 0 aromatic carbocycles. The van der Waals surface area contributed by atoms with Gasteiger partial charge in [0.2, 0.25) is 0 Å². The summed E-state index contributed by atoms with van der Waals surface area (Å²) in [5.74, 6) is 3.34. The van der Waals surface area contributed by atoms with Gasteiger partial charge >= 0.3 is 0 Å². The van der Waals surface area contributed by atoms with Crippen molar-refractivity contribution in [1.29, 1.82) is 0 Å². The van der Waals surface area contributed by atoms with E-state index in [0.29, 0.717) is 11.1 Å². The van der Waals surface area contributed by atoms with Gasteiger partial charge in [0.25, 0.3) is 0 Å². The van der Waals surface area contributed by atoms with Crippen LogP contribution in [0.3, 0.4) is 0 Å². The molecule has 0 aliphatic heterocycles. The van der Waals surface area contributed by atoms with Crippen LogP contribution >= 0.6 is 34.2 Å². The zero-order valence-corrected chi connectivity index (χ0v) is 12.8. The molecule has 1 heterocycles. The lowest BCUT2D eigenvalue weighted by Gasteiger charge is -2.21. The van der Waals surface area contributed by atoms with Crippen molar-refractivity contribution in [1.82, 2.24) is 9.97 Å². The van der Waals surface area contributed by atoms with Gasteiger partial charge in [0, 0.05) is 5.92 Å². The molecule has 0 saturated heterocycles. The molecule has 0 amide bonds. The minimum Gasteiger partial charge on any atom is -0.236 e. The van der Waals surface area contributed by atoms with Crippen LogP contribution in [0.25, 0.3) is 0 Å². The third-order valence-corrected chi connectivity index (χ3v) is 6.03. The summed E-state index contributed by atoms with van der Waals surface area (Å²) < 4.78 is 1.03. The Morgan fingerprint density at radius 3 is 2.71 bits per heavy atom. The molecule has 3 unspecified atom stereocenters. The predicted molar refractivity (Wildman–Crippen MR) is 77.3 cm³/mol. The molecule has 3 rings (SSSR count). The molecular weight excluding hydrogens is 347 g/mol. The molecular formula is C13H16ClIN2. The van der Waals surface area contributed by atoms with Gasteiger partial charge < -0.3 is 0 Å². The Morgan fingerprint density at radius 1 is 1.29 bits per heavy atom. The first-order chi connectivity index (χ1) is 8.19. The summed E-state index contributed by atoms with van der Waals surface area (Å²) in [6.45, 7) is 2.13. The first-order valence-corrected chi connectivity index (χ1v) is 7.86. The van der Waals surface area contributed by atoms with Crippen molar-refractivity contribution in [2.45, 2.75) is 44.9 Å². The Bertz CT molecular complexity index is 449. The van der Waals surface area contributed by atoms with Crippen molar-refractivity contribution >= 4 is 34.2 Å². The van der Waals surface area contributed by atoms with Gasteiger partial charge in [-0.05, 0) is 60.1 Å². The molecule has 2 nitrogen and oxygen atoms in total. The van der Waals surface area contributed by atoms with Gasteiger partial charge in [0.1, 0.15) is 11.0 Å². The van der Waals surface area contributed by atoms with E-state index in [9.17, 15) is 0 Å². The van der Waals surface area contributed by atoms with Crippen LogP contribution in [0.4, 0.5) is 0 Å². The van der Waals surface area contributed by atoms with E-state index in [-0.39, 0.29) is 0 Å². The summed E-state index contributed by atoms with van der Waals surface area (Å²) in [7, 11) is 0. The molecule has 2 fully saturated rings. The van der Waals surface area contributed by atoms with Crippen molar-refractivity contribution in [2.24, 2.45) is 11.8 Å². The number of rotatable bonds is 2. The number of nitrogens with zero attached hydrogens (tertiary/aromatic N) is 2. The van der Waals surface area contributed by atoms with Gasteiger partial charge in [-0.25, -0.2) is 9.97 Å². The van der Waals surface area contributed by atoms with Crippen LogP contribution in [-0.2, 0) is 6.42 Å². The number of fused-ring (bicyclic) bond motifs is 2. The maximum Gasteiger partial charge on any atom is 0.146 e. The van der Waals surface area contributed by atoms with E-state index in [4.69, 9.17) is 16.6 Å². The second-order valence-corrected chi connectivity index (χ2v) is 6.70. The minimum atomic E-state index is 0.577. The van der Waals surface area contributed by atoms with Gasteiger partial charge in [-0.1, -0.05) is 24.9 Å². The fraction of sp³-hybridized carbons (Fsp3) is 0.692. The van der Waals surface area contributed by atoms with Crippen LogP contribution in [0.2, 0.25) is 5.15 Å². The third-order valence-electron chi connectivity index (χ3n) is 4.30. The van der Waals surface area contributed by atoms with Gasteiger partial charge in [0.15, 0.2) is 0 Å². The lowest BCUT2D eigenvalue weighted by molar-refractivity contribution is 0.404. The van der Waals surface area contributed by atoms with Crippen molar-refractivity contribution < 1.29 is 0 Å². The smallest absolute Gasteiger partial charge is 0.146 e. The van der Waals surface area contributed by atoms with E-state index in [0.717, 1.165) is 33.3 Å². The second kappa shape index (κ2) is 4.65. The van der Waals surface area contributed by atoms with E-state index < -0.39 is 0 Å². The Labute approximate surface area is 121 Å². The van der Waals surface area contributed by atoms with E-state index in [1.165, 1.54) is 25.7 Å². The molecule has 17 heavy (non-hydrogen) atoms. The molecule has 4 heteroatoms. The topological polar surface area (TPSA) is 25.8 Å². The van der Waals surface area contributed by atoms with Crippen molar-refractivity contribution in [2.75, 3.05) is 0 Å². The number of aromatic nitrogens is 2. The fourth-order valence-corrected chi connectivity index (χ4v) is 4.26. The second-order valence-electron chi connectivity index (χ2n) is 5.27. The quantitative estimate of drug-likeness (QED) is 0.582.